The highest BCUT2D eigenvalue weighted by molar-refractivity contribution is 5.76. The summed E-state index contributed by atoms with van der Waals surface area (Å²) in [6, 6.07) is -0.287. The van der Waals surface area contributed by atoms with Crippen molar-refractivity contribution in [3.8, 4) is 0 Å². The first kappa shape index (κ1) is 17.8. The van der Waals surface area contributed by atoms with Crippen LogP contribution in [-0.4, -0.2) is 32.2 Å². The second kappa shape index (κ2) is 8.25. The zero-order valence-electron chi connectivity index (χ0n) is 13.6. The molecule has 0 aliphatic heterocycles. The molecule has 0 aromatic carbocycles. The average Bonchev–Trinajstić information content (AvgIpc) is 2.46. The molecule has 1 N–H and O–H groups in total. The number of azide groups is 1. The zero-order chi connectivity index (χ0) is 15.9. The van der Waals surface area contributed by atoms with E-state index in [4.69, 9.17) is 10.3 Å². The largest absolute Gasteiger partial charge is 0.468 e. The van der Waals surface area contributed by atoms with Crippen molar-refractivity contribution in [1.29, 1.82) is 0 Å². The molecular formula is C15H28N4O2. The smallest absolute Gasteiger partial charge is 0.323 e. The lowest BCUT2D eigenvalue weighted by Crippen LogP contribution is -2.46. The van der Waals surface area contributed by atoms with Gasteiger partial charge in [-0.3, -0.25) is 4.79 Å². The van der Waals surface area contributed by atoms with Crippen LogP contribution in [0, 0.1) is 17.3 Å². The molecule has 120 valence electrons. The predicted molar refractivity (Wildman–Crippen MR) is 82.7 cm³/mol. The van der Waals surface area contributed by atoms with Gasteiger partial charge in [-0.2, -0.15) is 0 Å². The van der Waals surface area contributed by atoms with Gasteiger partial charge in [0.2, 0.25) is 0 Å². The van der Waals surface area contributed by atoms with Crippen molar-refractivity contribution in [2.75, 3.05) is 20.2 Å². The zero-order valence-corrected chi connectivity index (χ0v) is 13.6. The van der Waals surface area contributed by atoms with Crippen LogP contribution in [0.1, 0.15) is 46.5 Å². The van der Waals surface area contributed by atoms with Crippen molar-refractivity contribution >= 4 is 5.97 Å². The van der Waals surface area contributed by atoms with Gasteiger partial charge < -0.3 is 10.1 Å². The monoisotopic (exact) mass is 296 g/mol. The van der Waals surface area contributed by atoms with Crippen molar-refractivity contribution in [2.24, 2.45) is 22.4 Å². The van der Waals surface area contributed by atoms with Crippen LogP contribution in [0.5, 0.6) is 0 Å². The molecule has 1 aliphatic rings. The highest BCUT2D eigenvalue weighted by Crippen LogP contribution is 2.40. The number of nitrogens with zero attached hydrogens (tertiary/aromatic N) is 3. The number of carbonyl (C=O) groups excluding carboxylic acids is 1. The molecule has 21 heavy (non-hydrogen) atoms. The number of hydrogen-bond donors (Lipinski definition) is 1. The maximum Gasteiger partial charge on any atom is 0.323 e. The fraction of sp³-hybridized carbons (Fsp3) is 0.933. The Morgan fingerprint density at radius 3 is 2.48 bits per heavy atom. The third-order valence-electron chi connectivity index (χ3n) is 4.56. The molecule has 0 radical (unpaired) electrons. The second-order valence-corrected chi connectivity index (χ2v) is 6.89. The lowest BCUT2D eigenvalue weighted by atomic mass is 9.68. The first-order valence-electron chi connectivity index (χ1n) is 7.72. The second-order valence-electron chi connectivity index (χ2n) is 6.89. The van der Waals surface area contributed by atoms with Crippen molar-refractivity contribution < 1.29 is 9.53 Å². The minimum atomic E-state index is -0.287. The lowest BCUT2D eigenvalue weighted by molar-refractivity contribution is -0.145. The summed E-state index contributed by atoms with van der Waals surface area (Å²) in [6.45, 7) is 7.71. The minimum absolute atomic E-state index is 0.213. The van der Waals surface area contributed by atoms with Crippen LogP contribution in [0.3, 0.4) is 0 Å². The van der Waals surface area contributed by atoms with Crippen molar-refractivity contribution in [2.45, 2.75) is 52.5 Å². The molecule has 0 saturated heterocycles. The van der Waals surface area contributed by atoms with Crippen LogP contribution < -0.4 is 5.32 Å². The van der Waals surface area contributed by atoms with E-state index in [1.807, 2.05) is 0 Å². The van der Waals surface area contributed by atoms with Gasteiger partial charge in [-0.1, -0.05) is 25.9 Å². The van der Waals surface area contributed by atoms with Gasteiger partial charge >= 0.3 is 5.97 Å². The fourth-order valence-corrected chi connectivity index (χ4v) is 3.20. The van der Waals surface area contributed by atoms with Crippen molar-refractivity contribution in [3.63, 3.8) is 0 Å². The van der Waals surface area contributed by atoms with Crippen LogP contribution >= 0.6 is 0 Å². The van der Waals surface area contributed by atoms with E-state index in [1.54, 1.807) is 0 Å². The van der Waals surface area contributed by atoms with E-state index in [9.17, 15) is 4.79 Å². The Morgan fingerprint density at radius 1 is 1.38 bits per heavy atom. The Kier molecular flexibility index (Phi) is 6.99. The molecule has 1 rings (SSSR count). The van der Waals surface area contributed by atoms with Crippen LogP contribution in [0.25, 0.3) is 10.4 Å². The summed E-state index contributed by atoms with van der Waals surface area (Å²) < 4.78 is 4.91. The van der Waals surface area contributed by atoms with E-state index in [2.05, 4.69) is 36.1 Å². The van der Waals surface area contributed by atoms with Crippen LogP contribution in [-0.2, 0) is 9.53 Å². The van der Waals surface area contributed by atoms with Gasteiger partial charge in [-0.05, 0) is 48.5 Å². The predicted octanol–water partition coefficient (Wildman–Crippen LogP) is 3.28. The summed E-state index contributed by atoms with van der Waals surface area (Å²) in [5.74, 6) is 0.812. The van der Waals surface area contributed by atoms with Crippen LogP contribution in [0.2, 0.25) is 0 Å². The summed E-state index contributed by atoms with van der Waals surface area (Å²) in [6.07, 6.45) is 4.38. The van der Waals surface area contributed by atoms with Crippen LogP contribution in [0.15, 0.2) is 5.11 Å². The van der Waals surface area contributed by atoms with E-state index < -0.39 is 0 Å². The Labute approximate surface area is 127 Å². The molecule has 0 aromatic rings. The fourth-order valence-electron chi connectivity index (χ4n) is 3.20. The first-order valence-corrected chi connectivity index (χ1v) is 7.72. The summed E-state index contributed by atoms with van der Waals surface area (Å²) >= 11 is 0. The minimum Gasteiger partial charge on any atom is -0.468 e. The third-order valence-corrected chi connectivity index (χ3v) is 4.56. The highest BCUT2D eigenvalue weighted by atomic mass is 16.5. The number of nitrogens with one attached hydrogen (secondary N) is 1. The van der Waals surface area contributed by atoms with Gasteiger partial charge in [-0.25, -0.2) is 0 Å². The molecule has 1 fully saturated rings. The topological polar surface area (TPSA) is 87.1 Å². The first-order chi connectivity index (χ1) is 9.90. The Morgan fingerprint density at radius 2 is 2.00 bits per heavy atom. The van der Waals surface area contributed by atoms with Gasteiger partial charge in [0.1, 0.15) is 6.04 Å². The van der Waals surface area contributed by atoms with Gasteiger partial charge in [0, 0.05) is 18.0 Å². The summed E-state index contributed by atoms with van der Waals surface area (Å²) in [4.78, 5) is 14.7. The number of ether oxygens (including phenoxy) is 1. The third kappa shape index (κ3) is 5.56. The van der Waals surface area contributed by atoms with E-state index in [-0.39, 0.29) is 12.0 Å². The van der Waals surface area contributed by atoms with Gasteiger partial charge in [0.15, 0.2) is 0 Å². The van der Waals surface area contributed by atoms with Gasteiger partial charge in [0.05, 0.1) is 7.11 Å². The standard InChI is InChI=1S/C15H28N4O2/c1-15(2,3)12-7-5-11(6-8-12)13(14(20)21-4)17-9-10-18-19-16/h11-13,17H,5-10H2,1-4H3. The van der Waals surface area contributed by atoms with E-state index in [1.165, 1.54) is 7.11 Å². The molecule has 0 spiro atoms. The maximum absolute atomic E-state index is 12.0. The molecule has 1 saturated carbocycles. The number of carbonyl (C=O) groups is 1. The molecule has 1 atom stereocenters. The lowest BCUT2D eigenvalue weighted by Gasteiger charge is -2.39. The Bertz CT molecular complexity index is 378. The number of esters is 1. The Hall–Kier alpha value is -1.26. The van der Waals surface area contributed by atoms with Crippen molar-refractivity contribution in [1.82, 2.24) is 5.32 Å². The van der Waals surface area contributed by atoms with E-state index >= 15 is 0 Å². The number of methoxy groups -OCH3 is 1. The normalized spacial score (nSPS) is 24.0. The summed E-state index contributed by atoms with van der Waals surface area (Å²) in [7, 11) is 1.42. The molecular weight excluding hydrogens is 268 g/mol. The molecule has 0 aromatic heterocycles. The van der Waals surface area contributed by atoms with Gasteiger partial charge in [-0.15, -0.1) is 0 Å². The number of rotatable bonds is 6. The van der Waals surface area contributed by atoms with E-state index in [0.29, 0.717) is 24.4 Å². The van der Waals surface area contributed by atoms with Gasteiger partial charge in [0.25, 0.3) is 0 Å². The molecule has 1 unspecified atom stereocenters. The average molecular weight is 296 g/mol. The van der Waals surface area contributed by atoms with E-state index in [0.717, 1.165) is 31.6 Å². The molecule has 0 heterocycles. The number of hydrogen-bond acceptors (Lipinski definition) is 4. The molecule has 0 bridgehead atoms. The molecule has 0 amide bonds. The highest BCUT2D eigenvalue weighted by Gasteiger charge is 2.35. The quantitative estimate of drug-likeness (QED) is 0.268. The summed E-state index contributed by atoms with van der Waals surface area (Å²) in [5, 5.41) is 6.67. The SMILES string of the molecule is COC(=O)C(NCCN=[N+]=[N-])C1CCC(C(C)(C)C)CC1. The Balaban J connectivity index is 2.56. The van der Waals surface area contributed by atoms with Crippen LogP contribution in [0.4, 0.5) is 0 Å². The molecule has 1 aliphatic carbocycles. The maximum atomic E-state index is 12.0. The molecule has 6 heteroatoms. The van der Waals surface area contributed by atoms with Crippen molar-refractivity contribution in [3.05, 3.63) is 10.4 Å². The molecule has 6 nitrogen and oxygen atoms in total. The summed E-state index contributed by atoms with van der Waals surface area (Å²) in [5.41, 5.74) is 8.61.